The Balaban J connectivity index is 0.00000144. The largest absolute Gasteiger partial charge is 0.351 e. The molecule has 1 unspecified atom stereocenters. The molecule has 4 nitrogen and oxygen atoms in total. The predicted octanol–water partition coefficient (Wildman–Crippen LogP) is 1.68. The topological polar surface area (TPSA) is 54.0 Å². The molecule has 1 saturated heterocycles. The summed E-state index contributed by atoms with van der Waals surface area (Å²) in [7, 11) is 0. The molecule has 0 bridgehead atoms. The summed E-state index contributed by atoms with van der Waals surface area (Å²) in [5.41, 5.74) is 1.08. The van der Waals surface area contributed by atoms with E-state index >= 15 is 0 Å². The van der Waals surface area contributed by atoms with E-state index in [9.17, 15) is 4.79 Å². The molecule has 2 N–H and O–H groups in total. The van der Waals surface area contributed by atoms with Crippen LogP contribution in [0.15, 0.2) is 24.5 Å². The van der Waals surface area contributed by atoms with Crippen molar-refractivity contribution in [1.82, 2.24) is 15.6 Å². The maximum atomic E-state index is 11.8. The lowest BCUT2D eigenvalue weighted by atomic mass is 10.0. The fourth-order valence-electron chi connectivity index (χ4n) is 1.89. The molecule has 0 aromatic carbocycles. The second-order valence-corrected chi connectivity index (χ2v) is 4.08. The lowest BCUT2D eigenvalue weighted by molar-refractivity contribution is -0.123. The van der Waals surface area contributed by atoms with E-state index < -0.39 is 0 Å². The average Bonchev–Trinajstić information content (AvgIpc) is 2.38. The van der Waals surface area contributed by atoms with Gasteiger partial charge in [-0.25, -0.2) is 0 Å². The van der Waals surface area contributed by atoms with E-state index in [1.54, 1.807) is 12.4 Å². The molecule has 0 spiro atoms. The van der Waals surface area contributed by atoms with Crippen LogP contribution in [0.2, 0.25) is 0 Å². The summed E-state index contributed by atoms with van der Waals surface area (Å²) in [6, 6.07) is 3.82. The highest BCUT2D eigenvalue weighted by atomic mass is 35.5. The Hall–Kier alpha value is -0.840. The number of amides is 1. The Morgan fingerprint density at radius 1 is 1.33 bits per heavy atom. The number of carbonyl (C=O) groups is 1. The number of nitrogens with zero attached hydrogens (tertiary/aromatic N) is 1. The van der Waals surface area contributed by atoms with Gasteiger partial charge in [0.2, 0.25) is 5.91 Å². The minimum absolute atomic E-state index is 0. The first-order valence-electron chi connectivity index (χ1n) is 5.76. The zero-order valence-electron chi connectivity index (χ0n) is 10.1. The van der Waals surface area contributed by atoms with E-state index in [1.165, 1.54) is 6.42 Å². The van der Waals surface area contributed by atoms with Crippen LogP contribution in [0.5, 0.6) is 0 Å². The Labute approximate surface area is 120 Å². The fraction of sp³-hybridized carbons (Fsp3) is 0.500. The molecule has 6 heteroatoms. The standard InChI is InChI=1S/C12H17N3O.2ClH/c16-12(11-3-1-2-6-14-11)15-9-10-4-7-13-8-5-10;;/h4-5,7-8,11,14H,1-3,6,9H2,(H,15,16);2*1H. The third kappa shape index (κ3) is 5.21. The number of hydrogen-bond acceptors (Lipinski definition) is 3. The Morgan fingerprint density at radius 3 is 2.67 bits per heavy atom. The van der Waals surface area contributed by atoms with Crippen LogP contribution in [0.25, 0.3) is 0 Å². The Morgan fingerprint density at radius 2 is 2.06 bits per heavy atom. The minimum atomic E-state index is -0.00409. The zero-order valence-corrected chi connectivity index (χ0v) is 11.7. The van der Waals surface area contributed by atoms with Gasteiger partial charge in [0, 0.05) is 18.9 Å². The molecule has 2 rings (SSSR count). The van der Waals surface area contributed by atoms with E-state index in [1.807, 2.05) is 12.1 Å². The average molecular weight is 292 g/mol. The number of nitrogens with one attached hydrogen (secondary N) is 2. The van der Waals surface area contributed by atoms with Crippen molar-refractivity contribution < 1.29 is 4.79 Å². The zero-order chi connectivity index (χ0) is 11.2. The molecular formula is C12H19Cl2N3O. The van der Waals surface area contributed by atoms with Crippen molar-refractivity contribution in [2.45, 2.75) is 31.8 Å². The fourth-order valence-corrected chi connectivity index (χ4v) is 1.89. The van der Waals surface area contributed by atoms with Gasteiger partial charge < -0.3 is 10.6 Å². The summed E-state index contributed by atoms with van der Waals surface area (Å²) in [4.78, 5) is 15.7. The van der Waals surface area contributed by atoms with Crippen LogP contribution >= 0.6 is 24.8 Å². The summed E-state index contributed by atoms with van der Waals surface area (Å²) in [5.74, 6) is 0.108. The second kappa shape index (κ2) is 9.14. The van der Waals surface area contributed by atoms with Crippen molar-refractivity contribution in [3.05, 3.63) is 30.1 Å². The molecule has 1 aromatic rings. The van der Waals surface area contributed by atoms with Crippen molar-refractivity contribution >= 4 is 30.7 Å². The number of aromatic nitrogens is 1. The van der Waals surface area contributed by atoms with Gasteiger partial charge in [0.15, 0.2) is 0 Å². The van der Waals surface area contributed by atoms with Crippen molar-refractivity contribution in [3.8, 4) is 0 Å². The Bertz CT molecular complexity index is 342. The number of halogens is 2. The smallest absolute Gasteiger partial charge is 0.237 e. The molecule has 1 amide bonds. The van der Waals surface area contributed by atoms with E-state index in [0.717, 1.165) is 24.9 Å². The van der Waals surface area contributed by atoms with E-state index in [2.05, 4.69) is 15.6 Å². The summed E-state index contributed by atoms with van der Waals surface area (Å²) >= 11 is 0. The van der Waals surface area contributed by atoms with Crippen LogP contribution in [0, 0.1) is 0 Å². The molecule has 1 fully saturated rings. The molecule has 1 aromatic heterocycles. The van der Waals surface area contributed by atoms with Gasteiger partial charge in [-0.15, -0.1) is 24.8 Å². The number of hydrogen-bond donors (Lipinski definition) is 2. The molecule has 0 radical (unpaired) electrons. The van der Waals surface area contributed by atoms with Gasteiger partial charge in [0.05, 0.1) is 6.04 Å². The molecular weight excluding hydrogens is 273 g/mol. The van der Waals surface area contributed by atoms with Crippen molar-refractivity contribution in [2.75, 3.05) is 6.54 Å². The van der Waals surface area contributed by atoms with Gasteiger partial charge >= 0.3 is 0 Å². The first-order chi connectivity index (χ1) is 7.86. The highest BCUT2D eigenvalue weighted by Gasteiger charge is 2.19. The third-order valence-corrected chi connectivity index (χ3v) is 2.84. The minimum Gasteiger partial charge on any atom is -0.351 e. The molecule has 1 atom stereocenters. The molecule has 18 heavy (non-hydrogen) atoms. The van der Waals surface area contributed by atoms with Gasteiger partial charge in [0.25, 0.3) is 0 Å². The third-order valence-electron chi connectivity index (χ3n) is 2.84. The van der Waals surface area contributed by atoms with Gasteiger partial charge in [-0.05, 0) is 37.1 Å². The maximum Gasteiger partial charge on any atom is 0.237 e. The van der Waals surface area contributed by atoms with Crippen molar-refractivity contribution in [3.63, 3.8) is 0 Å². The van der Waals surface area contributed by atoms with Crippen molar-refractivity contribution in [1.29, 1.82) is 0 Å². The van der Waals surface area contributed by atoms with Crippen LogP contribution in [-0.4, -0.2) is 23.5 Å². The van der Waals surface area contributed by atoms with Crippen LogP contribution in [0.1, 0.15) is 24.8 Å². The highest BCUT2D eigenvalue weighted by Crippen LogP contribution is 2.07. The van der Waals surface area contributed by atoms with Gasteiger partial charge in [-0.3, -0.25) is 9.78 Å². The maximum absolute atomic E-state index is 11.8. The molecule has 1 aliphatic rings. The summed E-state index contributed by atoms with van der Waals surface area (Å²) < 4.78 is 0. The van der Waals surface area contributed by atoms with E-state index in [0.29, 0.717) is 6.54 Å². The van der Waals surface area contributed by atoms with Gasteiger partial charge in [0.1, 0.15) is 0 Å². The monoisotopic (exact) mass is 291 g/mol. The molecule has 2 heterocycles. The number of carbonyl (C=O) groups excluding carboxylic acids is 1. The normalized spacial score (nSPS) is 18.1. The van der Waals surface area contributed by atoms with Crippen molar-refractivity contribution in [2.24, 2.45) is 0 Å². The first-order valence-corrected chi connectivity index (χ1v) is 5.76. The molecule has 102 valence electrons. The van der Waals surface area contributed by atoms with Crippen LogP contribution in [0.3, 0.4) is 0 Å². The SMILES string of the molecule is Cl.Cl.O=C(NCc1ccncc1)C1CCCCN1. The van der Waals surface area contributed by atoms with E-state index in [-0.39, 0.29) is 36.8 Å². The molecule has 1 aliphatic heterocycles. The summed E-state index contributed by atoms with van der Waals surface area (Å²) in [5, 5.41) is 6.17. The van der Waals surface area contributed by atoms with Gasteiger partial charge in [-0.1, -0.05) is 6.42 Å². The first kappa shape index (κ1) is 17.2. The number of pyridine rings is 1. The molecule has 0 saturated carbocycles. The summed E-state index contributed by atoms with van der Waals surface area (Å²) in [6.45, 7) is 1.53. The Kier molecular flexibility index (Phi) is 8.71. The van der Waals surface area contributed by atoms with Crippen LogP contribution < -0.4 is 10.6 Å². The summed E-state index contributed by atoms with van der Waals surface area (Å²) in [6.07, 6.45) is 6.73. The van der Waals surface area contributed by atoms with Gasteiger partial charge in [-0.2, -0.15) is 0 Å². The molecule has 0 aliphatic carbocycles. The van der Waals surface area contributed by atoms with Crippen LogP contribution in [-0.2, 0) is 11.3 Å². The quantitative estimate of drug-likeness (QED) is 0.891. The number of rotatable bonds is 3. The van der Waals surface area contributed by atoms with Crippen LogP contribution in [0.4, 0.5) is 0 Å². The second-order valence-electron chi connectivity index (χ2n) is 4.08. The lowest BCUT2D eigenvalue weighted by Gasteiger charge is -2.22. The lowest BCUT2D eigenvalue weighted by Crippen LogP contribution is -2.46. The predicted molar refractivity (Wildman–Crippen MR) is 76.2 cm³/mol. The van der Waals surface area contributed by atoms with E-state index in [4.69, 9.17) is 0 Å². The number of piperidine rings is 1. The highest BCUT2D eigenvalue weighted by molar-refractivity contribution is 5.85.